The van der Waals surface area contributed by atoms with Gasteiger partial charge in [-0.15, -0.1) is 0 Å². The summed E-state index contributed by atoms with van der Waals surface area (Å²) in [5.74, 6) is 2.74. The molecule has 0 aliphatic heterocycles. The molecule has 3 aromatic rings. The number of hydrogen-bond acceptors (Lipinski definition) is 6. The van der Waals surface area contributed by atoms with Gasteiger partial charge in [-0.3, -0.25) is 0 Å². The molecule has 2 aromatic carbocycles. The van der Waals surface area contributed by atoms with Crippen molar-refractivity contribution in [3.63, 3.8) is 0 Å². The van der Waals surface area contributed by atoms with Crippen molar-refractivity contribution in [1.29, 1.82) is 0 Å². The topological polar surface area (TPSA) is 68.3 Å². The highest BCUT2D eigenvalue weighted by molar-refractivity contribution is 6.30. The minimum Gasteiger partial charge on any atom is -0.493 e. The van der Waals surface area contributed by atoms with Crippen LogP contribution in [0, 0.1) is 0 Å². The van der Waals surface area contributed by atoms with E-state index in [-0.39, 0.29) is 0 Å². The lowest BCUT2D eigenvalue weighted by atomic mass is 10.1. The Morgan fingerprint density at radius 2 is 1.64 bits per heavy atom. The Balaban J connectivity index is 1.53. The van der Waals surface area contributed by atoms with Gasteiger partial charge in [-0.1, -0.05) is 29.8 Å². The van der Waals surface area contributed by atoms with Gasteiger partial charge in [0.2, 0.25) is 5.95 Å². The average Bonchev–Trinajstić information content (AvgIpc) is 2.74. The van der Waals surface area contributed by atoms with E-state index in [1.54, 1.807) is 20.4 Å². The first-order chi connectivity index (χ1) is 13.7. The van der Waals surface area contributed by atoms with Gasteiger partial charge in [0.05, 0.1) is 14.2 Å². The van der Waals surface area contributed by atoms with Gasteiger partial charge in [0.15, 0.2) is 11.5 Å². The van der Waals surface area contributed by atoms with E-state index in [9.17, 15) is 0 Å². The minimum absolute atomic E-state index is 0.561. The summed E-state index contributed by atoms with van der Waals surface area (Å²) < 4.78 is 10.6. The van der Waals surface area contributed by atoms with Gasteiger partial charge in [-0.25, -0.2) is 4.98 Å². The molecule has 0 bridgehead atoms. The molecule has 0 saturated heterocycles. The van der Waals surface area contributed by atoms with Crippen LogP contribution in [0.3, 0.4) is 0 Å². The summed E-state index contributed by atoms with van der Waals surface area (Å²) in [4.78, 5) is 8.77. The largest absolute Gasteiger partial charge is 0.493 e. The number of anilines is 2. The number of ether oxygens (including phenoxy) is 2. The predicted octanol–water partition coefficient (Wildman–Crippen LogP) is 4.41. The van der Waals surface area contributed by atoms with E-state index in [0.717, 1.165) is 29.4 Å². The number of nitrogens with one attached hydrogen (secondary N) is 2. The van der Waals surface area contributed by atoms with Gasteiger partial charge in [-0.05, 0) is 47.9 Å². The van der Waals surface area contributed by atoms with Gasteiger partial charge in [0.25, 0.3) is 0 Å². The van der Waals surface area contributed by atoms with Crippen LogP contribution in [0.1, 0.15) is 11.1 Å². The lowest BCUT2D eigenvalue weighted by molar-refractivity contribution is 0.354. The molecule has 3 rings (SSSR count). The zero-order valence-corrected chi connectivity index (χ0v) is 16.7. The van der Waals surface area contributed by atoms with Crippen molar-refractivity contribution in [1.82, 2.24) is 9.97 Å². The van der Waals surface area contributed by atoms with Crippen LogP contribution in [0.5, 0.6) is 11.5 Å². The Hall–Kier alpha value is -2.99. The Labute approximate surface area is 169 Å². The molecule has 146 valence electrons. The quantitative estimate of drug-likeness (QED) is 0.556. The number of halogens is 1. The van der Waals surface area contributed by atoms with Crippen LogP contribution < -0.4 is 20.1 Å². The van der Waals surface area contributed by atoms with Crippen LogP contribution in [-0.4, -0.2) is 30.7 Å². The van der Waals surface area contributed by atoms with Crippen LogP contribution in [0.25, 0.3) is 0 Å². The molecule has 0 atom stereocenters. The third-order valence-electron chi connectivity index (χ3n) is 4.19. The van der Waals surface area contributed by atoms with Crippen molar-refractivity contribution in [3.05, 3.63) is 70.9 Å². The van der Waals surface area contributed by atoms with Gasteiger partial charge in [0.1, 0.15) is 5.82 Å². The second-order valence-electron chi connectivity index (χ2n) is 6.11. The highest BCUT2D eigenvalue weighted by Gasteiger charge is 2.05. The molecular weight excluding hydrogens is 376 g/mol. The van der Waals surface area contributed by atoms with Gasteiger partial charge in [-0.2, -0.15) is 4.98 Å². The van der Waals surface area contributed by atoms with E-state index >= 15 is 0 Å². The highest BCUT2D eigenvalue weighted by atomic mass is 35.5. The van der Waals surface area contributed by atoms with E-state index in [1.165, 1.54) is 5.56 Å². The molecule has 6 nitrogen and oxygen atoms in total. The highest BCUT2D eigenvalue weighted by Crippen LogP contribution is 2.27. The Bertz CT molecular complexity index is 903. The molecule has 0 spiro atoms. The first-order valence-corrected chi connectivity index (χ1v) is 9.32. The number of nitrogens with zero attached hydrogens (tertiary/aromatic N) is 2. The van der Waals surface area contributed by atoms with Gasteiger partial charge >= 0.3 is 0 Å². The molecule has 0 fully saturated rings. The van der Waals surface area contributed by atoms with E-state index in [4.69, 9.17) is 21.1 Å². The molecule has 7 heteroatoms. The summed E-state index contributed by atoms with van der Waals surface area (Å²) in [6.07, 6.45) is 2.62. The fourth-order valence-corrected chi connectivity index (χ4v) is 2.83. The fraction of sp³-hybridized carbons (Fsp3) is 0.238. The molecule has 28 heavy (non-hydrogen) atoms. The van der Waals surface area contributed by atoms with Crippen LogP contribution in [0.2, 0.25) is 5.02 Å². The molecule has 0 unspecified atom stereocenters. The normalized spacial score (nSPS) is 10.4. The second kappa shape index (κ2) is 9.80. The van der Waals surface area contributed by atoms with Crippen molar-refractivity contribution >= 4 is 23.4 Å². The first-order valence-electron chi connectivity index (χ1n) is 8.94. The number of methoxy groups -OCH3 is 2. The van der Waals surface area contributed by atoms with Crippen molar-refractivity contribution < 1.29 is 9.47 Å². The summed E-state index contributed by atoms with van der Waals surface area (Å²) in [6, 6.07) is 15.5. The molecule has 1 aromatic heterocycles. The summed E-state index contributed by atoms with van der Waals surface area (Å²) in [7, 11) is 3.24. The van der Waals surface area contributed by atoms with Crippen LogP contribution in [0.4, 0.5) is 11.8 Å². The molecule has 0 aliphatic carbocycles. The molecule has 0 amide bonds. The SMILES string of the molecule is COc1ccc(CNc2nccc(NCCc3ccc(Cl)cc3)n2)cc1OC. The molecule has 0 aliphatic rings. The average molecular weight is 399 g/mol. The Kier molecular flexibility index (Phi) is 6.92. The first kappa shape index (κ1) is 19.8. The maximum atomic E-state index is 5.91. The monoisotopic (exact) mass is 398 g/mol. The number of hydrogen-bond donors (Lipinski definition) is 2. The Morgan fingerprint density at radius 3 is 2.39 bits per heavy atom. The minimum atomic E-state index is 0.561. The molecular formula is C21H23ClN4O2. The smallest absolute Gasteiger partial charge is 0.224 e. The molecule has 0 saturated carbocycles. The summed E-state index contributed by atoms with van der Waals surface area (Å²) in [5.41, 5.74) is 2.26. The number of aromatic nitrogens is 2. The maximum absolute atomic E-state index is 5.91. The summed E-state index contributed by atoms with van der Waals surface area (Å²) in [6.45, 7) is 1.35. The van der Waals surface area contributed by atoms with E-state index in [0.29, 0.717) is 24.0 Å². The fourth-order valence-electron chi connectivity index (χ4n) is 2.70. The van der Waals surface area contributed by atoms with E-state index < -0.39 is 0 Å². The van der Waals surface area contributed by atoms with E-state index in [2.05, 4.69) is 20.6 Å². The summed E-state index contributed by atoms with van der Waals surface area (Å²) in [5, 5.41) is 7.30. The summed E-state index contributed by atoms with van der Waals surface area (Å²) >= 11 is 5.91. The molecule has 2 N–H and O–H groups in total. The molecule has 1 heterocycles. The molecule has 0 radical (unpaired) electrons. The number of benzene rings is 2. The third kappa shape index (κ3) is 5.50. The van der Waals surface area contributed by atoms with Gasteiger partial charge in [0, 0.05) is 24.3 Å². The lowest BCUT2D eigenvalue weighted by Crippen LogP contribution is -2.09. The zero-order chi connectivity index (χ0) is 19.8. The second-order valence-corrected chi connectivity index (χ2v) is 6.55. The zero-order valence-electron chi connectivity index (χ0n) is 15.9. The third-order valence-corrected chi connectivity index (χ3v) is 4.44. The maximum Gasteiger partial charge on any atom is 0.224 e. The number of rotatable bonds is 9. The Morgan fingerprint density at radius 1 is 0.893 bits per heavy atom. The van der Waals surface area contributed by atoms with Crippen LogP contribution in [0.15, 0.2) is 54.7 Å². The predicted molar refractivity (Wildman–Crippen MR) is 113 cm³/mol. The van der Waals surface area contributed by atoms with Crippen LogP contribution >= 0.6 is 11.6 Å². The van der Waals surface area contributed by atoms with Crippen molar-refractivity contribution in [2.24, 2.45) is 0 Å². The van der Waals surface area contributed by atoms with Crippen molar-refractivity contribution in [2.45, 2.75) is 13.0 Å². The van der Waals surface area contributed by atoms with Crippen molar-refractivity contribution in [2.75, 3.05) is 31.4 Å². The van der Waals surface area contributed by atoms with Crippen LogP contribution in [-0.2, 0) is 13.0 Å². The standard InChI is InChI=1S/C21H23ClN4O2/c1-27-18-8-5-16(13-19(18)28-2)14-25-21-24-12-10-20(26-21)23-11-9-15-3-6-17(22)7-4-15/h3-8,10,12-13H,9,11,14H2,1-2H3,(H2,23,24,25,26). The lowest BCUT2D eigenvalue weighted by Gasteiger charge is -2.11. The van der Waals surface area contributed by atoms with E-state index in [1.807, 2.05) is 48.5 Å². The van der Waals surface area contributed by atoms with Crippen molar-refractivity contribution in [3.8, 4) is 11.5 Å². The van der Waals surface area contributed by atoms with Gasteiger partial charge < -0.3 is 20.1 Å².